The monoisotopic (exact) mass is 251 g/mol. The highest BCUT2D eigenvalue weighted by Crippen LogP contribution is 2.11. The van der Waals surface area contributed by atoms with Crippen LogP contribution >= 0.6 is 0 Å². The summed E-state index contributed by atoms with van der Waals surface area (Å²) in [5.41, 5.74) is 1.18. The van der Waals surface area contributed by atoms with E-state index in [4.69, 9.17) is 4.74 Å². The third-order valence-corrected chi connectivity index (χ3v) is 2.57. The molecule has 0 aliphatic heterocycles. The zero-order valence-corrected chi connectivity index (χ0v) is 11.2. The van der Waals surface area contributed by atoms with E-state index in [0.29, 0.717) is 19.6 Å². The summed E-state index contributed by atoms with van der Waals surface area (Å²) in [6.45, 7) is 4.38. The van der Waals surface area contributed by atoms with Crippen molar-refractivity contribution in [1.29, 1.82) is 0 Å². The molecule has 1 N–H and O–H groups in total. The van der Waals surface area contributed by atoms with Crippen LogP contribution in [0.1, 0.15) is 18.9 Å². The molecular formula is C14H21NO3. The lowest BCUT2D eigenvalue weighted by molar-refractivity contribution is -0.131. The van der Waals surface area contributed by atoms with Crippen LogP contribution in [0.25, 0.3) is 0 Å². The Kier molecular flexibility index (Phi) is 5.65. The van der Waals surface area contributed by atoms with Gasteiger partial charge < -0.3 is 14.7 Å². The predicted molar refractivity (Wildman–Crippen MR) is 70.6 cm³/mol. The molecule has 4 heteroatoms. The second-order valence-electron chi connectivity index (χ2n) is 4.53. The molecule has 1 aromatic carbocycles. The van der Waals surface area contributed by atoms with Crippen LogP contribution in [-0.4, -0.2) is 42.2 Å². The standard InChI is InChI=1S/C14H21NO3/c1-11-4-6-13(7-5-11)18-9-8-14(17)15(3)10-12(2)16/h4-7,12,16H,8-10H2,1-3H3. The maximum Gasteiger partial charge on any atom is 0.225 e. The molecule has 0 fully saturated rings. The summed E-state index contributed by atoms with van der Waals surface area (Å²) < 4.78 is 5.48. The fourth-order valence-corrected chi connectivity index (χ4v) is 1.58. The van der Waals surface area contributed by atoms with Crippen LogP contribution in [0.4, 0.5) is 0 Å². The van der Waals surface area contributed by atoms with Gasteiger partial charge in [-0.25, -0.2) is 0 Å². The molecule has 100 valence electrons. The summed E-state index contributed by atoms with van der Waals surface area (Å²) in [6.07, 6.45) is -0.186. The van der Waals surface area contributed by atoms with Gasteiger partial charge >= 0.3 is 0 Å². The molecule has 0 aliphatic rings. The highest BCUT2D eigenvalue weighted by atomic mass is 16.5. The number of aliphatic hydroxyl groups excluding tert-OH is 1. The van der Waals surface area contributed by atoms with Crippen molar-refractivity contribution < 1.29 is 14.6 Å². The maximum atomic E-state index is 11.7. The molecule has 1 atom stereocenters. The minimum Gasteiger partial charge on any atom is -0.493 e. The Morgan fingerprint density at radius 2 is 2.00 bits per heavy atom. The number of hydrogen-bond donors (Lipinski definition) is 1. The molecule has 1 aromatic rings. The van der Waals surface area contributed by atoms with Crippen molar-refractivity contribution in [3.8, 4) is 5.75 Å². The first-order valence-corrected chi connectivity index (χ1v) is 6.10. The van der Waals surface area contributed by atoms with Gasteiger partial charge in [0.2, 0.25) is 5.91 Å². The quantitative estimate of drug-likeness (QED) is 0.835. The lowest BCUT2D eigenvalue weighted by Crippen LogP contribution is -2.33. The Labute approximate surface area is 108 Å². The second-order valence-corrected chi connectivity index (χ2v) is 4.53. The molecule has 4 nitrogen and oxygen atoms in total. The summed E-state index contributed by atoms with van der Waals surface area (Å²) in [7, 11) is 1.68. The average molecular weight is 251 g/mol. The van der Waals surface area contributed by atoms with Gasteiger partial charge in [0.25, 0.3) is 0 Å². The van der Waals surface area contributed by atoms with E-state index in [0.717, 1.165) is 5.75 Å². The molecule has 18 heavy (non-hydrogen) atoms. The summed E-state index contributed by atoms with van der Waals surface area (Å²) >= 11 is 0. The second kappa shape index (κ2) is 7.01. The molecule has 0 radical (unpaired) electrons. The zero-order valence-electron chi connectivity index (χ0n) is 11.2. The zero-order chi connectivity index (χ0) is 13.5. The SMILES string of the molecule is Cc1ccc(OCCC(=O)N(C)CC(C)O)cc1. The van der Waals surface area contributed by atoms with Crippen molar-refractivity contribution in [1.82, 2.24) is 4.90 Å². The largest absolute Gasteiger partial charge is 0.493 e. The Bertz CT molecular complexity index is 373. The molecule has 0 saturated heterocycles. The number of hydrogen-bond acceptors (Lipinski definition) is 3. The Morgan fingerprint density at radius 1 is 1.39 bits per heavy atom. The van der Waals surface area contributed by atoms with Gasteiger partial charge in [-0.05, 0) is 26.0 Å². The topological polar surface area (TPSA) is 49.8 Å². The number of ether oxygens (including phenoxy) is 1. The number of carbonyl (C=O) groups is 1. The molecule has 1 amide bonds. The first kappa shape index (κ1) is 14.5. The smallest absolute Gasteiger partial charge is 0.225 e. The summed E-state index contributed by atoms with van der Waals surface area (Å²) in [5.74, 6) is 0.745. The third kappa shape index (κ3) is 5.19. The molecule has 0 saturated carbocycles. The highest BCUT2D eigenvalue weighted by Gasteiger charge is 2.10. The molecule has 1 rings (SSSR count). The molecule has 0 spiro atoms. The maximum absolute atomic E-state index is 11.7. The average Bonchev–Trinajstić information content (AvgIpc) is 2.30. The normalized spacial score (nSPS) is 12.0. The number of carbonyl (C=O) groups excluding carboxylic acids is 1. The van der Waals surface area contributed by atoms with E-state index < -0.39 is 6.10 Å². The van der Waals surface area contributed by atoms with Gasteiger partial charge in [-0.1, -0.05) is 17.7 Å². The van der Waals surface area contributed by atoms with E-state index in [1.54, 1.807) is 14.0 Å². The van der Waals surface area contributed by atoms with Crippen molar-refractivity contribution >= 4 is 5.91 Å². The van der Waals surface area contributed by atoms with Crippen molar-refractivity contribution in [2.24, 2.45) is 0 Å². The van der Waals surface area contributed by atoms with Crippen molar-refractivity contribution in [2.45, 2.75) is 26.4 Å². The minimum atomic E-state index is -0.503. The van der Waals surface area contributed by atoms with Crippen LogP contribution in [-0.2, 0) is 4.79 Å². The van der Waals surface area contributed by atoms with Crippen LogP contribution in [0.3, 0.4) is 0 Å². The van der Waals surface area contributed by atoms with E-state index >= 15 is 0 Å². The minimum absolute atomic E-state index is 0.0250. The van der Waals surface area contributed by atoms with Gasteiger partial charge in [-0.15, -0.1) is 0 Å². The van der Waals surface area contributed by atoms with Gasteiger partial charge in [0.1, 0.15) is 5.75 Å². The van der Waals surface area contributed by atoms with E-state index in [9.17, 15) is 9.90 Å². The Morgan fingerprint density at radius 3 is 2.56 bits per heavy atom. The molecule has 1 unspecified atom stereocenters. The molecule has 0 bridgehead atoms. The van der Waals surface area contributed by atoms with Crippen molar-refractivity contribution in [2.75, 3.05) is 20.2 Å². The number of likely N-dealkylation sites (N-methyl/N-ethyl adjacent to an activating group) is 1. The first-order valence-electron chi connectivity index (χ1n) is 6.10. The molecule has 0 aliphatic carbocycles. The van der Waals surface area contributed by atoms with E-state index in [1.165, 1.54) is 10.5 Å². The van der Waals surface area contributed by atoms with Gasteiger partial charge in [-0.3, -0.25) is 4.79 Å². The molecule has 0 heterocycles. The van der Waals surface area contributed by atoms with Gasteiger partial charge in [0, 0.05) is 13.6 Å². The summed E-state index contributed by atoms with van der Waals surface area (Å²) in [4.78, 5) is 13.2. The summed E-state index contributed by atoms with van der Waals surface area (Å²) in [5, 5.41) is 9.18. The van der Waals surface area contributed by atoms with E-state index in [-0.39, 0.29) is 5.91 Å². The van der Waals surface area contributed by atoms with E-state index in [1.807, 2.05) is 31.2 Å². The van der Waals surface area contributed by atoms with Crippen LogP contribution in [0.15, 0.2) is 24.3 Å². The van der Waals surface area contributed by atoms with Gasteiger partial charge in [0.05, 0.1) is 19.1 Å². The first-order chi connectivity index (χ1) is 8.49. The van der Waals surface area contributed by atoms with Crippen molar-refractivity contribution in [3.05, 3.63) is 29.8 Å². The molecule has 0 aromatic heterocycles. The Hall–Kier alpha value is -1.55. The Balaban J connectivity index is 2.29. The molecular weight excluding hydrogens is 230 g/mol. The highest BCUT2D eigenvalue weighted by molar-refractivity contribution is 5.76. The van der Waals surface area contributed by atoms with Crippen LogP contribution < -0.4 is 4.74 Å². The number of benzene rings is 1. The van der Waals surface area contributed by atoms with Crippen LogP contribution in [0, 0.1) is 6.92 Å². The fraction of sp³-hybridized carbons (Fsp3) is 0.500. The predicted octanol–water partition coefficient (Wildman–Crippen LogP) is 1.60. The lowest BCUT2D eigenvalue weighted by atomic mass is 10.2. The number of rotatable bonds is 6. The van der Waals surface area contributed by atoms with Gasteiger partial charge in [-0.2, -0.15) is 0 Å². The van der Waals surface area contributed by atoms with Crippen molar-refractivity contribution in [3.63, 3.8) is 0 Å². The summed E-state index contributed by atoms with van der Waals surface area (Å²) in [6, 6.07) is 7.71. The van der Waals surface area contributed by atoms with Crippen LogP contribution in [0.2, 0.25) is 0 Å². The third-order valence-electron chi connectivity index (χ3n) is 2.57. The number of nitrogens with zero attached hydrogens (tertiary/aromatic N) is 1. The number of aryl methyl sites for hydroxylation is 1. The fourth-order valence-electron chi connectivity index (χ4n) is 1.58. The lowest BCUT2D eigenvalue weighted by Gasteiger charge is -2.18. The number of aliphatic hydroxyl groups is 1. The van der Waals surface area contributed by atoms with E-state index in [2.05, 4.69) is 0 Å². The number of amides is 1. The van der Waals surface area contributed by atoms with Crippen LogP contribution in [0.5, 0.6) is 5.75 Å². The van der Waals surface area contributed by atoms with Gasteiger partial charge in [0.15, 0.2) is 0 Å².